The molecule has 0 unspecified atom stereocenters. The van der Waals surface area contributed by atoms with Gasteiger partial charge in [0.1, 0.15) is 6.04 Å². The summed E-state index contributed by atoms with van der Waals surface area (Å²) < 4.78 is 50.9. The molecule has 1 aliphatic heterocycles. The van der Waals surface area contributed by atoms with Crippen LogP contribution in [-0.4, -0.2) is 47.6 Å². The molecular formula is C11H11F2NO5S. The van der Waals surface area contributed by atoms with Gasteiger partial charge in [0.05, 0.1) is 11.0 Å². The minimum absolute atomic E-state index is 0.252. The maximum absolute atomic E-state index is 13.1. The van der Waals surface area contributed by atoms with E-state index < -0.39 is 51.2 Å². The normalized spacial score (nSPS) is 23.9. The minimum Gasteiger partial charge on any atom is -0.480 e. The molecule has 2 N–H and O–H groups in total. The monoisotopic (exact) mass is 307 g/mol. The van der Waals surface area contributed by atoms with Crippen LogP contribution in [0.15, 0.2) is 23.1 Å². The van der Waals surface area contributed by atoms with E-state index in [9.17, 15) is 27.1 Å². The summed E-state index contributed by atoms with van der Waals surface area (Å²) >= 11 is 0. The molecule has 0 spiro atoms. The van der Waals surface area contributed by atoms with Crippen molar-refractivity contribution in [3.05, 3.63) is 29.8 Å². The van der Waals surface area contributed by atoms with Gasteiger partial charge in [-0.2, -0.15) is 4.31 Å². The standard InChI is InChI=1S/C11H11F2NO5S/c12-8-2-1-7(4-9(8)13)20(18,19)14-5-6(15)3-10(14)11(16)17/h1-2,4,6,10,15H,3,5H2,(H,16,17)/t6-,10-/m1/s1. The predicted octanol–water partition coefficient (Wildman–Crippen LogP) is 0.173. The average Bonchev–Trinajstić information content (AvgIpc) is 2.75. The van der Waals surface area contributed by atoms with Gasteiger partial charge >= 0.3 is 5.97 Å². The lowest BCUT2D eigenvalue weighted by Gasteiger charge is -2.20. The summed E-state index contributed by atoms with van der Waals surface area (Å²) in [5.74, 6) is -3.97. The number of rotatable bonds is 3. The van der Waals surface area contributed by atoms with Crippen LogP contribution in [-0.2, 0) is 14.8 Å². The van der Waals surface area contributed by atoms with Gasteiger partial charge in [0.2, 0.25) is 10.0 Å². The highest BCUT2D eigenvalue weighted by Crippen LogP contribution is 2.27. The molecule has 0 radical (unpaired) electrons. The van der Waals surface area contributed by atoms with Crippen LogP contribution in [0.1, 0.15) is 6.42 Å². The zero-order valence-electron chi connectivity index (χ0n) is 10.0. The van der Waals surface area contributed by atoms with E-state index in [1.165, 1.54) is 0 Å². The quantitative estimate of drug-likeness (QED) is 0.830. The summed E-state index contributed by atoms with van der Waals surface area (Å²) in [4.78, 5) is 10.4. The maximum Gasteiger partial charge on any atom is 0.322 e. The number of carbonyl (C=O) groups is 1. The first-order valence-electron chi connectivity index (χ1n) is 5.61. The highest BCUT2D eigenvalue weighted by Gasteiger charge is 2.43. The van der Waals surface area contributed by atoms with Gasteiger partial charge in [-0.15, -0.1) is 0 Å². The van der Waals surface area contributed by atoms with Crippen molar-refractivity contribution in [2.75, 3.05) is 6.54 Å². The van der Waals surface area contributed by atoms with Crippen LogP contribution in [0, 0.1) is 11.6 Å². The van der Waals surface area contributed by atoms with Crippen molar-refractivity contribution in [1.29, 1.82) is 0 Å². The molecule has 1 heterocycles. The number of aliphatic hydroxyl groups is 1. The van der Waals surface area contributed by atoms with Crippen LogP contribution < -0.4 is 0 Å². The zero-order chi connectivity index (χ0) is 15.1. The Morgan fingerprint density at radius 2 is 1.95 bits per heavy atom. The zero-order valence-corrected chi connectivity index (χ0v) is 10.8. The molecule has 110 valence electrons. The summed E-state index contributed by atoms with van der Waals surface area (Å²) in [6, 6.07) is 0.541. The molecular weight excluding hydrogens is 296 g/mol. The van der Waals surface area contributed by atoms with E-state index in [1.54, 1.807) is 0 Å². The number of sulfonamides is 1. The molecule has 20 heavy (non-hydrogen) atoms. The molecule has 0 saturated carbocycles. The third-order valence-electron chi connectivity index (χ3n) is 3.02. The number of nitrogens with zero attached hydrogens (tertiary/aromatic N) is 1. The molecule has 0 bridgehead atoms. The lowest BCUT2D eigenvalue weighted by Crippen LogP contribution is -2.40. The number of carboxylic acids is 1. The van der Waals surface area contributed by atoms with Crippen molar-refractivity contribution >= 4 is 16.0 Å². The molecule has 1 aromatic carbocycles. The second-order valence-electron chi connectivity index (χ2n) is 4.39. The fraction of sp³-hybridized carbons (Fsp3) is 0.364. The molecule has 0 aromatic heterocycles. The second-order valence-corrected chi connectivity index (χ2v) is 6.28. The second kappa shape index (κ2) is 5.08. The van der Waals surface area contributed by atoms with Crippen LogP contribution in [0.3, 0.4) is 0 Å². The average molecular weight is 307 g/mol. The van der Waals surface area contributed by atoms with E-state index in [4.69, 9.17) is 5.11 Å². The van der Waals surface area contributed by atoms with Gasteiger partial charge in [-0.1, -0.05) is 0 Å². The number of β-amino-alcohol motifs (C(OH)–C–C–N with tert-alkyl or cyclic N) is 1. The number of aliphatic carboxylic acids is 1. The molecule has 6 nitrogen and oxygen atoms in total. The molecule has 2 rings (SSSR count). The van der Waals surface area contributed by atoms with Crippen LogP contribution in [0.2, 0.25) is 0 Å². The Hall–Kier alpha value is -1.58. The van der Waals surface area contributed by atoms with Crippen molar-refractivity contribution in [3.8, 4) is 0 Å². The van der Waals surface area contributed by atoms with Crippen molar-refractivity contribution in [3.63, 3.8) is 0 Å². The Balaban J connectivity index is 2.43. The highest BCUT2D eigenvalue weighted by molar-refractivity contribution is 7.89. The molecule has 0 aliphatic carbocycles. The van der Waals surface area contributed by atoms with E-state index in [1.807, 2.05) is 0 Å². The van der Waals surface area contributed by atoms with E-state index in [2.05, 4.69) is 0 Å². The molecule has 1 fully saturated rings. The molecule has 1 aromatic rings. The topological polar surface area (TPSA) is 94.9 Å². The van der Waals surface area contributed by atoms with Gasteiger partial charge in [-0.3, -0.25) is 4.79 Å². The molecule has 2 atom stereocenters. The fourth-order valence-corrected chi connectivity index (χ4v) is 3.69. The first-order chi connectivity index (χ1) is 9.23. The van der Waals surface area contributed by atoms with Crippen LogP contribution >= 0.6 is 0 Å². The Morgan fingerprint density at radius 3 is 2.50 bits per heavy atom. The Morgan fingerprint density at radius 1 is 1.30 bits per heavy atom. The number of halogens is 2. The smallest absolute Gasteiger partial charge is 0.322 e. The Kier molecular flexibility index (Phi) is 3.76. The van der Waals surface area contributed by atoms with Gasteiger partial charge in [-0.25, -0.2) is 17.2 Å². The molecule has 9 heteroatoms. The SMILES string of the molecule is O=C(O)[C@H]1C[C@@H](O)CN1S(=O)(=O)c1ccc(F)c(F)c1. The highest BCUT2D eigenvalue weighted by atomic mass is 32.2. The van der Waals surface area contributed by atoms with E-state index in [0.29, 0.717) is 16.4 Å². The van der Waals surface area contributed by atoms with Gasteiger partial charge in [-0.05, 0) is 18.2 Å². The predicted molar refractivity (Wildman–Crippen MR) is 62.3 cm³/mol. The van der Waals surface area contributed by atoms with Crippen LogP contribution in [0.5, 0.6) is 0 Å². The number of benzene rings is 1. The lowest BCUT2D eigenvalue weighted by atomic mass is 10.2. The third-order valence-corrected chi connectivity index (χ3v) is 4.89. The first kappa shape index (κ1) is 14.8. The van der Waals surface area contributed by atoms with Gasteiger partial charge in [0, 0.05) is 13.0 Å². The molecule has 1 saturated heterocycles. The minimum atomic E-state index is -4.32. The Labute approximate surface area is 113 Å². The summed E-state index contributed by atoms with van der Waals surface area (Å²) in [6.07, 6.45) is -1.37. The maximum atomic E-state index is 13.1. The third kappa shape index (κ3) is 2.51. The summed E-state index contributed by atoms with van der Waals surface area (Å²) in [6.45, 7) is -0.404. The number of carboxylic acid groups (broad SMARTS) is 1. The summed E-state index contributed by atoms with van der Waals surface area (Å²) in [5, 5.41) is 18.4. The van der Waals surface area contributed by atoms with Crippen molar-refractivity contribution in [2.45, 2.75) is 23.5 Å². The van der Waals surface area contributed by atoms with Gasteiger partial charge < -0.3 is 10.2 Å². The van der Waals surface area contributed by atoms with Crippen molar-refractivity contribution < 1.29 is 32.2 Å². The van der Waals surface area contributed by atoms with Gasteiger partial charge in [0.25, 0.3) is 0 Å². The summed E-state index contributed by atoms with van der Waals surface area (Å²) in [5.41, 5.74) is 0. The molecule has 0 amide bonds. The Bertz CT molecular complexity index is 648. The van der Waals surface area contributed by atoms with E-state index in [-0.39, 0.29) is 6.42 Å². The fourth-order valence-electron chi connectivity index (χ4n) is 2.05. The lowest BCUT2D eigenvalue weighted by molar-refractivity contribution is -0.140. The number of hydrogen-bond donors (Lipinski definition) is 2. The number of hydrogen-bond acceptors (Lipinski definition) is 4. The first-order valence-corrected chi connectivity index (χ1v) is 7.05. The van der Waals surface area contributed by atoms with Crippen LogP contribution in [0.4, 0.5) is 8.78 Å². The van der Waals surface area contributed by atoms with E-state index >= 15 is 0 Å². The summed E-state index contributed by atoms with van der Waals surface area (Å²) in [7, 11) is -4.32. The number of aliphatic hydroxyl groups excluding tert-OH is 1. The molecule has 1 aliphatic rings. The van der Waals surface area contributed by atoms with Gasteiger partial charge in [0.15, 0.2) is 11.6 Å². The van der Waals surface area contributed by atoms with Crippen molar-refractivity contribution in [2.24, 2.45) is 0 Å². The van der Waals surface area contributed by atoms with Crippen LogP contribution in [0.25, 0.3) is 0 Å². The largest absolute Gasteiger partial charge is 0.480 e. The van der Waals surface area contributed by atoms with E-state index in [0.717, 1.165) is 6.07 Å². The van der Waals surface area contributed by atoms with Crippen molar-refractivity contribution in [1.82, 2.24) is 4.31 Å².